The predicted octanol–water partition coefficient (Wildman–Crippen LogP) is 0.784. The van der Waals surface area contributed by atoms with Gasteiger partial charge in [0.1, 0.15) is 0 Å². The number of nitrogens with zero attached hydrogens (tertiary/aromatic N) is 2. The van der Waals surface area contributed by atoms with Crippen molar-refractivity contribution >= 4 is 17.8 Å². The first-order chi connectivity index (χ1) is 10.9. The van der Waals surface area contributed by atoms with E-state index >= 15 is 0 Å². The van der Waals surface area contributed by atoms with Crippen LogP contribution in [0.15, 0.2) is 30.3 Å². The Morgan fingerprint density at radius 1 is 1.17 bits per heavy atom. The number of hydrogen-bond donors (Lipinski definition) is 0. The lowest BCUT2D eigenvalue weighted by Crippen LogP contribution is -2.38. The number of nitriles is 1. The van der Waals surface area contributed by atoms with Crippen molar-refractivity contribution in [3.63, 3.8) is 0 Å². The van der Waals surface area contributed by atoms with Gasteiger partial charge < -0.3 is 14.4 Å². The maximum Gasteiger partial charge on any atom is 0.303 e. The Kier molecular flexibility index (Phi) is 4.96. The Balaban J connectivity index is 2.30. The lowest BCUT2D eigenvalue weighted by Gasteiger charge is -2.21. The van der Waals surface area contributed by atoms with Gasteiger partial charge in [-0.1, -0.05) is 30.3 Å². The van der Waals surface area contributed by atoms with Crippen LogP contribution in [0, 0.1) is 11.3 Å². The van der Waals surface area contributed by atoms with Gasteiger partial charge >= 0.3 is 11.9 Å². The third-order valence-electron chi connectivity index (χ3n) is 3.39. The van der Waals surface area contributed by atoms with E-state index in [1.165, 1.54) is 11.8 Å². The van der Waals surface area contributed by atoms with E-state index in [0.29, 0.717) is 0 Å². The molecule has 0 aliphatic carbocycles. The highest BCUT2D eigenvalue weighted by molar-refractivity contribution is 5.88. The lowest BCUT2D eigenvalue weighted by atomic mass is 10.1. The van der Waals surface area contributed by atoms with Crippen molar-refractivity contribution in [1.82, 2.24) is 4.90 Å². The van der Waals surface area contributed by atoms with E-state index in [9.17, 15) is 19.6 Å². The normalized spacial score (nSPS) is 23.3. The zero-order valence-electron chi connectivity index (χ0n) is 12.8. The third-order valence-corrected chi connectivity index (χ3v) is 3.39. The number of benzene rings is 1. The maximum atomic E-state index is 12.5. The number of esters is 2. The molecule has 1 aliphatic rings. The molecule has 1 aromatic rings. The molecule has 0 spiro atoms. The van der Waals surface area contributed by atoms with Crippen molar-refractivity contribution in [3.05, 3.63) is 35.9 Å². The van der Waals surface area contributed by atoms with E-state index < -0.39 is 36.1 Å². The summed E-state index contributed by atoms with van der Waals surface area (Å²) in [6, 6.07) is 10.0. The maximum absolute atomic E-state index is 12.5. The van der Waals surface area contributed by atoms with Gasteiger partial charge in [-0.15, -0.1) is 0 Å². The smallest absolute Gasteiger partial charge is 0.303 e. The molecule has 7 nitrogen and oxygen atoms in total. The van der Waals surface area contributed by atoms with Gasteiger partial charge in [-0.2, -0.15) is 5.26 Å². The fourth-order valence-corrected chi connectivity index (χ4v) is 2.50. The number of carbonyl (C=O) groups is 3. The molecule has 2 rings (SSSR count). The molecular formula is C16H16N2O5. The van der Waals surface area contributed by atoms with Crippen LogP contribution >= 0.6 is 0 Å². The summed E-state index contributed by atoms with van der Waals surface area (Å²) < 4.78 is 10.0. The van der Waals surface area contributed by atoms with Crippen molar-refractivity contribution in [2.75, 3.05) is 0 Å². The van der Waals surface area contributed by atoms with Gasteiger partial charge in [-0.05, 0) is 5.56 Å². The molecule has 7 heteroatoms. The standard InChI is InChI=1S/C16H16N2O5/c1-10(19)22-14-13(8-17)18(9-12-6-4-3-5-7-12)16(21)15(14)23-11(2)20/h3-7,13-15H,9H2,1-2H3/t13-,14-,15+/m0/s1. The highest BCUT2D eigenvalue weighted by atomic mass is 16.6. The third kappa shape index (κ3) is 3.66. The highest BCUT2D eigenvalue weighted by Gasteiger charge is 2.52. The molecule has 0 saturated carbocycles. The molecule has 3 atom stereocenters. The Bertz CT molecular complexity index is 652. The quantitative estimate of drug-likeness (QED) is 0.762. The summed E-state index contributed by atoms with van der Waals surface area (Å²) in [7, 11) is 0. The second-order valence-electron chi connectivity index (χ2n) is 5.13. The van der Waals surface area contributed by atoms with Gasteiger partial charge in [0.05, 0.1) is 6.07 Å². The Morgan fingerprint density at radius 2 is 1.78 bits per heavy atom. The molecule has 0 radical (unpaired) electrons. The fraction of sp³-hybridized carbons (Fsp3) is 0.375. The van der Waals surface area contributed by atoms with Crippen molar-refractivity contribution < 1.29 is 23.9 Å². The number of amides is 1. The summed E-state index contributed by atoms with van der Waals surface area (Å²) >= 11 is 0. The van der Waals surface area contributed by atoms with Crippen LogP contribution in [0.1, 0.15) is 19.4 Å². The monoisotopic (exact) mass is 316 g/mol. The minimum Gasteiger partial charge on any atom is -0.455 e. The minimum atomic E-state index is -1.30. The van der Waals surface area contributed by atoms with Gasteiger partial charge in [0.25, 0.3) is 5.91 Å². The van der Waals surface area contributed by atoms with E-state index in [2.05, 4.69) is 0 Å². The van der Waals surface area contributed by atoms with E-state index in [1.54, 1.807) is 0 Å². The molecule has 1 heterocycles. The molecule has 1 aromatic carbocycles. The molecular weight excluding hydrogens is 300 g/mol. The fourth-order valence-electron chi connectivity index (χ4n) is 2.50. The summed E-state index contributed by atoms with van der Waals surface area (Å²) in [5.74, 6) is -1.89. The SMILES string of the molecule is CC(=O)O[C@@H]1[C@@H](OC(C)=O)C(=O)N(Cc2ccccc2)[C@H]1C#N. The van der Waals surface area contributed by atoms with Crippen LogP contribution in [0.5, 0.6) is 0 Å². The molecule has 1 saturated heterocycles. The predicted molar refractivity (Wildman–Crippen MR) is 77.5 cm³/mol. The Labute approximate surface area is 133 Å². The van der Waals surface area contributed by atoms with Gasteiger partial charge in [0.15, 0.2) is 12.1 Å². The molecule has 120 valence electrons. The van der Waals surface area contributed by atoms with Crippen LogP contribution in [-0.4, -0.2) is 41.0 Å². The molecule has 0 N–H and O–H groups in total. The molecule has 0 aromatic heterocycles. The summed E-state index contributed by atoms with van der Waals surface area (Å²) in [4.78, 5) is 36.3. The molecule has 1 aliphatic heterocycles. The van der Waals surface area contributed by atoms with Gasteiger partial charge in [-0.3, -0.25) is 14.4 Å². The highest BCUT2D eigenvalue weighted by Crippen LogP contribution is 2.27. The number of ether oxygens (including phenoxy) is 2. The zero-order valence-corrected chi connectivity index (χ0v) is 12.8. The number of carbonyl (C=O) groups excluding carboxylic acids is 3. The average molecular weight is 316 g/mol. The van der Waals surface area contributed by atoms with Crippen molar-refractivity contribution in [1.29, 1.82) is 5.26 Å². The van der Waals surface area contributed by atoms with E-state index in [-0.39, 0.29) is 6.54 Å². The second-order valence-corrected chi connectivity index (χ2v) is 5.13. The van der Waals surface area contributed by atoms with E-state index in [4.69, 9.17) is 9.47 Å². The van der Waals surface area contributed by atoms with E-state index in [0.717, 1.165) is 12.5 Å². The molecule has 23 heavy (non-hydrogen) atoms. The Hall–Kier alpha value is -2.88. The van der Waals surface area contributed by atoms with Gasteiger partial charge in [0, 0.05) is 20.4 Å². The van der Waals surface area contributed by atoms with Crippen molar-refractivity contribution in [3.8, 4) is 6.07 Å². The van der Waals surface area contributed by atoms with Crippen LogP contribution < -0.4 is 0 Å². The van der Waals surface area contributed by atoms with Crippen molar-refractivity contribution in [2.24, 2.45) is 0 Å². The van der Waals surface area contributed by atoms with Crippen LogP contribution in [0.4, 0.5) is 0 Å². The number of likely N-dealkylation sites (tertiary alicyclic amines) is 1. The van der Waals surface area contributed by atoms with Gasteiger partial charge in [0.2, 0.25) is 6.10 Å². The van der Waals surface area contributed by atoms with Crippen LogP contribution in [-0.2, 0) is 30.4 Å². The van der Waals surface area contributed by atoms with E-state index in [1.807, 2.05) is 36.4 Å². The summed E-state index contributed by atoms with van der Waals surface area (Å²) in [5.41, 5.74) is 0.811. The molecule has 0 unspecified atom stereocenters. The van der Waals surface area contributed by atoms with Crippen LogP contribution in [0.25, 0.3) is 0 Å². The van der Waals surface area contributed by atoms with Crippen molar-refractivity contribution in [2.45, 2.75) is 38.6 Å². The average Bonchev–Trinajstić information content (AvgIpc) is 2.72. The second kappa shape index (κ2) is 6.92. The lowest BCUT2D eigenvalue weighted by molar-refractivity contribution is -0.165. The topological polar surface area (TPSA) is 96.7 Å². The summed E-state index contributed by atoms with van der Waals surface area (Å²) in [6.07, 6.45) is -2.44. The van der Waals surface area contributed by atoms with Gasteiger partial charge in [-0.25, -0.2) is 0 Å². The minimum absolute atomic E-state index is 0.160. The number of hydrogen-bond acceptors (Lipinski definition) is 6. The first kappa shape index (κ1) is 16.5. The first-order valence-electron chi connectivity index (χ1n) is 7.02. The summed E-state index contributed by atoms with van der Waals surface area (Å²) in [6.45, 7) is 2.48. The Morgan fingerprint density at radius 3 is 2.30 bits per heavy atom. The molecule has 1 fully saturated rings. The zero-order chi connectivity index (χ0) is 17.0. The van der Waals surface area contributed by atoms with Crippen LogP contribution in [0.2, 0.25) is 0 Å². The van der Waals surface area contributed by atoms with Crippen LogP contribution in [0.3, 0.4) is 0 Å². The largest absolute Gasteiger partial charge is 0.455 e. The number of rotatable bonds is 4. The molecule has 0 bridgehead atoms. The molecule has 1 amide bonds. The first-order valence-corrected chi connectivity index (χ1v) is 7.02. The summed E-state index contributed by atoms with van der Waals surface area (Å²) in [5, 5.41) is 9.39.